The number of hydrogen-bond acceptors (Lipinski definition) is 1. The Hall–Kier alpha value is -0.590. The summed E-state index contributed by atoms with van der Waals surface area (Å²) in [6, 6.07) is 0. The van der Waals surface area contributed by atoms with Gasteiger partial charge in [-0.25, -0.2) is 0 Å². The summed E-state index contributed by atoms with van der Waals surface area (Å²) in [5, 5.41) is 0. The van der Waals surface area contributed by atoms with Crippen LogP contribution in [0.15, 0.2) is 12.2 Å². The van der Waals surface area contributed by atoms with Crippen LogP contribution in [0.4, 0.5) is 0 Å². The minimum atomic E-state index is 0.334. The van der Waals surface area contributed by atoms with Crippen molar-refractivity contribution in [3.8, 4) is 0 Å². The Morgan fingerprint density at radius 2 is 2.17 bits per heavy atom. The molecule has 0 unspecified atom stereocenters. The van der Waals surface area contributed by atoms with E-state index >= 15 is 0 Å². The van der Waals surface area contributed by atoms with Crippen LogP contribution in [0.1, 0.15) is 25.7 Å². The Morgan fingerprint density at radius 1 is 1.25 bits per heavy atom. The molecule has 0 spiro atoms. The van der Waals surface area contributed by atoms with Crippen LogP contribution < -0.4 is 0 Å². The second kappa shape index (κ2) is 2.21. The number of carbonyl (C=O) groups is 1. The van der Waals surface area contributed by atoms with E-state index in [1.807, 2.05) is 0 Å². The molecular formula is C11H14O. The van der Waals surface area contributed by atoms with Crippen molar-refractivity contribution < 1.29 is 4.79 Å². The highest BCUT2D eigenvalue weighted by atomic mass is 16.1. The maximum absolute atomic E-state index is 11.8. The van der Waals surface area contributed by atoms with Crippen LogP contribution in [0.3, 0.4) is 0 Å². The second-order valence-electron chi connectivity index (χ2n) is 4.46. The Labute approximate surface area is 72.8 Å². The molecule has 0 amide bonds. The largest absolute Gasteiger partial charge is 0.299 e. The van der Waals surface area contributed by atoms with Crippen molar-refractivity contribution in [2.45, 2.75) is 25.7 Å². The first-order valence-electron chi connectivity index (χ1n) is 5.08. The fourth-order valence-corrected chi connectivity index (χ4v) is 3.52. The molecule has 1 nitrogen and oxygen atoms in total. The van der Waals surface area contributed by atoms with Crippen LogP contribution in [0.2, 0.25) is 0 Å². The molecular weight excluding hydrogens is 148 g/mol. The topological polar surface area (TPSA) is 17.1 Å². The van der Waals surface area contributed by atoms with Gasteiger partial charge in [0.05, 0.1) is 0 Å². The SMILES string of the molecule is O=C1[C@H]2CCC[C@H]2[C@H]2CC=C[C@@H]12. The molecule has 64 valence electrons. The van der Waals surface area contributed by atoms with E-state index in [-0.39, 0.29) is 0 Å². The third-order valence-electron chi connectivity index (χ3n) is 4.03. The van der Waals surface area contributed by atoms with E-state index in [2.05, 4.69) is 12.2 Å². The van der Waals surface area contributed by atoms with Crippen molar-refractivity contribution >= 4 is 5.78 Å². The van der Waals surface area contributed by atoms with E-state index in [4.69, 9.17) is 0 Å². The van der Waals surface area contributed by atoms with Crippen LogP contribution in [0.5, 0.6) is 0 Å². The molecule has 0 aromatic rings. The molecule has 4 atom stereocenters. The average molecular weight is 162 g/mol. The first-order chi connectivity index (χ1) is 5.88. The summed E-state index contributed by atoms with van der Waals surface area (Å²) >= 11 is 0. The van der Waals surface area contributed by atoms with E-state index < -0.39 is 0 Å². The number of allylic oxidation sites excluding steroid dienone is 2. The molecule has 0 bridgehead atoms. The lowest BCUT2D eigenvalue weighted by molar-refractivity contribution is -0.123. The highest BCUT2D eigenvalue weighted by molar-refractivity contribution is 5.88. The fraction of sp³-hybridized carbons (Fsp3) is 0.727. The summed E-state index contributed by atoms with van der Waals surface area (Å²) in [6.45, 7) is 0. The Balaban J connectivity index is 1.97. The van der Waals surface area contributed by atoms with Gasteiger partial charge in [-0.1, -0.05) is 18.6 Å². The Morgan fingerprint density at radius 3 is 3.08 bits per heavy atom. The van der Waals surface area contributed by atoms with Gasteiger partial charge in [-0.15, -0.1) is 0 Å². The summed E-state index contributed by atoms with van der Waals surface area (Å²) in [7, 11) is 0. The molecule has 12 heavy (non-hydrogen) atoms. The minimum Gasteiger partial charge on any atom is -0.299 e. The van der Waals surface area contributed by atoms with Crippen molar-refractivity contribution in [3.05, 3.63) is 12.2 Å². The number of ketones is 1. The lowest BCUT2D eigenvalue weighted by Crippen LogP contribution is -2.12. The van der Waals surface area contributed by atoms with Crippen molar-refractivity contribution in [1.82, 2.24) is 0 Å². The molecule has 0 radical (unpaired) electrons. The lowest BCUT2D eigenvalue weighted by Gasteiger charge is -2.14. The van der Waals surface area contributed by atoms with Gasteiger partial charge in [-0.3, -0.25) is 4.79 Å². The van der Waals surface area contributed by atoms with Gasteiger partial charge >= 0.3 is 0 Å². The van der Waals surface area contributed by atoms with E-state index in [9.17, 15) is 4.79 Å². The van der Waals surface area contributed by atoms with Crippen LogP contribution in [-0.4, -0.2) is 5.78 Å². The third kappa shape index (κ3) is 0.675. The summed E-state index contributed by atoms with van der Waals surface area (Å²) in [5.74, 6) is 2.84. The summed E-state index contributed by atoms with van der Waals surface area (Å²) in [6.07, 6.45) is 9.35. The standard InChI is InChI=1S/C11H14O/c12-11-9-5-1-3-7(9)8-4-2-6-10(8)11/h1,5,7-10H,2-4,6H2/t7-,8+,9-,10+/m1/s1. The van der Waals surface area contributed by atoms with E-state index in [1.54, 1.807) is 0 Å². The molecule has 0 N–H and O–H groups in total. The van der Waals surface area contributed by atoms with Gasteiger partial charge in [0.15, 0.2) is 0 Å². The normalized spacial score (nSPS) is 49.8. The van der Waals surface area contributed by atoms with E-state index in [0.29, 0.717) is 23.5 Å². The third-order valence-corrected chi connectivity index (χ3v) is 4.03. The number of fused-ring (bicyclic) bond motifs is 3. The smallest absolute Gasteiger partial charge is 0.143 e. The van der Waals surface area contributed by atoms with Crippen molar-refractivity contribution in [2.24, 2.45) is 23.7 Å². The molecule has 0 aromatic heterocycles. The number of rotatable bonds is 0. The fourth-order valence-electron chi connectivity index (χ4n) is 3.52. The summed E-state index contributed by atoms with van der Waals surface area (Å²) in [5.41, 5.74) is 0. The van der Waals surface area contributed by atoms with Gasteiger partial charge < -0.3 is 0 Å². The average Bonchev–Trinajstić information content (AvgIpc) is 2.72. The van der Waals surface area contributed by atoms with Gasteiger partial charge in [0.2, 0.25) is 0 Å². The zero-order valence-corrected chi connectivity index (χ0v) is 7.20. The number of hydrogen-bond donors (Lipinski definition) is 0. The van der Waals surface area contributed by atoms with Crippen molar-refractivity contribution in [1.29, 1.82) is 0 Å². The molecule has 0 saturated heterocycles. The van der Waals surface area contributed by atoms with Gasteiger partial charge in [0.25, 0.3) is 0 Å². The van der Waals surface area contributed by atoms with Gasteiger partial charge in [0.1, 0.15) is 5.78 Å². The molecule has 3 aliphatic carbocycles. The first kappa shape index (κ1) is 6.88. The predicted octanol–water partition coefficient (Wildman–Crippen LogP) is 2.18. The van der Waals surface area contributed by atoms with Crippen LogP contribution in [0, 0.1) is 23.7 Å². The first-order valence-corrected chi connectivity index (χ1v) is 5.08. The Bertz CT molecular complexity index is 254. The quantitative estimate of drug-likeness (QED) is 0.499. The van der Waals surface area contributed by atoms with Crippen LogP contribution in [0.25, 0.3) is 0 Å². The van der Waals surface area contributed by atoms with Crippen molar-refractivity contribution in [3.63, 3.8) is 0 Å². The highest BCUT2D eigenvalue weighted by Gasteiger charge is 2.51. The zero-order chi connectivity index (χ0) is 8.13. The lowest BCUT2D eigenvalue weighted by atomic mass is 9.89. The minimum absolute atomic E-state index is 0.334. The molecule has 2 saturated carbocycles. The number of carbonyl (C=O) groups excluding carboxylic acids is 1. The second-order valence-corrected chi connectivity index (χ2v) is 4.46. The number of Topliss-reactive ketones (excluding diaryl/α,β-unsaturated/α-hetero) is 1. The van der Waals surface area contributed by atoms with E-state index in [0.717, 1.165) is 5.92 Å². The molecule has 3 aliphatic rings. The van der Waals surface area contributed by atoms with E-state index in [1.165, 1.54) is 25.7 Å². The summed E-state index contributed by atoms with van der Waals surface area (Å²) in [4.78, 5) is 11.8. The molecule has 3 rings (SSSR count). The summed E-state index contributed by atoms with van der Waals surface area (Å²) < 4.78 is 0. The van der Waals surface area contributed by atoms with Gasteiger partial charge in [0, 0.05) is 11.8 Å². The van der Waals surface area contributed by atoms with Gasteiger partial charge in [-0.05, 0) is 31.1 Å². The molecule has 1 heteroatoms. The van der Waals surface area contributed by atoms with Crippen LogP contribution >= 0.6 is 0 Å². The molecule has 2 fully saturated rings. The molecule has 0 aliphatic heterocycles. The highest BCUT2D eigenvalue weighted by Crippen LogP contribution is 2.52. The van der Waals surface area contributed by atoms with Crippen LogP contribution in [-0.2, 0) is 4.79 Å². The maximum atomic E-state index is 11.8. The zero-order valence-electron chi connectivity index (χ0n) is 7.20. The Kier molecular flexibility index (Phi) is 1.27. The van der Waals surface area contributed by atoms with Gasteiger partial charge in [-0.2, -0.15) is 0 Å². The molecule has 0 heterocycles. The monoisotopic (exact) mass is 162 g/mol. The van der Waals surface area contributed by atoms with Crippen molar-refractivity contribution in [2.75, 3.05) is 0 Å². The maximum Gasteiger partial charge on any atom is 0.143 e. The predicted molar refractivity (Wildman–Crippen MR) is 46.6 cm³/mol. The molecule has 0 aromatic carbocycles.